The molecule has 1 amide bonds. The van der Waals surface area contributed by atoms with Gasteiger partial charge in [0.2, 0.25) is 5.88 Å². The van der Waals surface area contributed by atoms with Crippen molar-refractivity contribution in [1.82, 2.24) is 20.2 Å². The summed E-state index contributed by atoms with van der Waals surface area (Å²) in [6, 6.07) is 1.68. The number of hydrogen-bond acceptors (Lipinski definition) is 9. The van der Waals surface area contributed by atoms with Crippen LogP contribution in [-0.2, 0) is 4.79 Å². The molecule has 0 bridgehead atoms. The molecule has 40 heavy (non-hydrogen) atoms. The number of anilines is 3. The molecule has 4 aromatic rings. The molecule has 7 rings (SSSR count). The second-order valence-corrected chi connectivity index (χ2v) is 11.8. The predicted octanol–water partition coefficient (Wildman–Crippen LogP) is 3.61. The summed E-state index contributed by atoms with van der Waals surface area (Å²) < 4.78 is 52.7. The van der Waals surface area contributed by atoms with Crippen LogP contribution in [0.1, 0.15) is 0 Å². The van der Waals surface area contributed by atoms with E-state index >= 15 is 8.78 Å². The summed E-state index contributed by atoms with van der Waals surface area (Å²) in [4.78, 5) is 27.8. The third-order valence-electron chi connectivity index (χ3n) is 7.51. The highest BCUT2D eigenvalue weighted by atomic mass is 35.5. The molecule has 14 heteroatoms. The van der Waals surface area contributed by atoms with Crippen molar-refractivity contribution in [2.45, 2.75) is 12.1 Å². The third-order valence-corrected chi connectivity index (χ3v) is 8.70. The van der Waals surface area contributed by atoms with Crippen LogP contribution >= 0.6 is 22.9 Å². The van der Waals surface area contributed by atoms with Crippen molar-refractivity contribution < 1.29 is 22.7 Å². The molecule has 9 nitrogen and oxygen atoms in total. The topological polar surface area (TPSA) is 99.9 Å². The Labute approximate surface area is 235 Å². The number of nitrogens with zero attached hydrogens (tertiary/aromatic N) is 5. The average Bonchev–Trinajstić information content (AvgIpc) is 3.30. The number of pyridine rings is 1. The highest BCUT2D eigenvalue weighted by Crippen LogP contribution is 2.51. The Bertz CT molecular complexity index is 1750. The van der Waals surface area contributed by atoms with Crippen LogP contribution < -0.4 is 25.6 Å². The standard InChI is InChI=1S/C26H23ClF3N7O2S/c1-35(2)8-10-9-37-22-21(36-4-3-32-7-15(36)25(37)38)11-5-12(27)16(18(30)19(11)33-24(22)39-10)17-13(28)6-14(29)23-20(17)34-26(31)40-23/h5-6,10,15,32H,3-4,7-9H2,1-2H3,(H2,31,34)/t10-,15-/m1/s1. The number of nitrogens with one attached hydrogen (secondary N) is 1. The fraction of sp³-hybridized carbons (Fsp3) is 0.346. The highest BCUT2D eigenvalue weighted by molar-refractivity contribution is 7.22. The number of piperazine rings is 1. The van der Waals surface area contributed by atoms with Crippen molar-refractivity contribution in [2.75, 3.05) is 62.4 Å². The molecule has 2 aromatic heterocycles. The van der Waals surface area contributed by atoms with Gasteiger partial charge in [-0.3, -0.25) is 4.79 Å². The number of ether oxygens (including phenoxy) is 1. The summed E-state index contributed by atoms with van der Waals surface area (Å²) in [6.07, 6.45) is -0.408. The molecule has 1 fully saturated rings. The van der Waals surface area contributed by atoms with Crippen molar-refractivity contribution in [3.63, 3.8) is 0 Å². The number of fused-ring (bicyclic) bond motifs is 5. The van der Waals surface area contributed by atoms with Crippen LogP contribution in [0.3, 0.4) is 0 Å². The number of hydrogen-bond donors (Lipinski definition) is 2. The largest absolute Gasteiger partial charge is 0.470 e. The molecule has 0 radical (unpaired) electrons. The Kier molecular flexibility index (Phi) is 5.79. The van der Waals surface area contributed by atoms with E-state index < -0.39 is 29.6 Å². The van der Waals surface area contributed by atoms with Gasteiger partial charge in [0.25, 0.3) is 5.91 Å². The Morgan fingerprint density at radius 3 is 2.75 bits per heavy atom. The normalized spacial score (nSPS) is 20.3. The van der Waals surface area contributed by atoms with Crippen molar-refractivity contribution in [3.05, 3.63) is 34.6 Å². The Hall–Kier alpha value is -3.39. The number of carbonyl (C=O) groups is 1. The first kappa shape index (κ1) is 25.6. The zero-order valence-electron chi connectivity index (χ0n) is 21.4. The first-order chi connectivity index (χ1) is 19.1. The summed E-state index contributed by atoms with van der Waals surface area (Å²) >= 11 is 7.51. The van der Waals surface area contributed by atoms with Crippen LogP contribution in [0.25, 0.3) is 32.2 Å². The van der Waals surface area contributed by atoms with E-state index in [4.69, 9.17) is 22.1 Å². The van der Waals surface area contributed by atoms with E-state index in [2.05, 4.69) is 15.3 Å². The van der Waals surface area contributed by atoms with Crippen LogP contribution in [0, 0.1) is 17.5 Å². The monoisotopic (exact) mass is 589 g/mol. The maximum atomic E-state index is 16.6. The molecule has 208 valence electrons. The van der Waals surface area contributed by atoms with Gasteiger partial charge in [-0.05, 0) is 20.2 Å². The lowest BCUT2D eigenvalue weighted by molar-refractivity contribution is -0.121. The van der Waals surface area contributed by atoms with Crippen LogP contribution in [0.5, 0.6) is 5.88 Å². The van der Waals surface area contributed by atoms with Crippen molar-refractivity contribution >= 4 is 66.5 Å². The Morgan fingerprint density at radius 1 is 1.18 bits per heavy atom. The molecular weight excluding hydrogens is 567 g/mol. The number of halogens is 4. The van der Waals surface area contributed by atoms with Gasteiger partial charge in [-0.1, -0.05) is 22.9 Å². The van der Waals surface area contributed by atoms with E-state index in [1.165, 1.54) is 6.07 Å². The van der Waals surface area contributed by atoms with Gasteiger partial charge < -0.3 is 30.5 Å². The molecule has 3 aliphatic heterocycles. The maximum absolute atomic E-state index is 16.6. The zero-order valence-corrected chi connectivity index (χ0v) is 23.0. The minimum atomic E-state index is -1.03. The third kappa shape index (κ3) is 3.64. The van der Waals surface area contributed by atoms with Gasteiger partial charge in [-0.15, -0.1) is 0 Å². The Morgan fingerprint density at radius 2 is 1.98 bits per heavy atom. The van der Waals surface area contributed by atoms with Crippen LogP contribution in [-0.4, -0.2) is 79.7 Å². The Balaban J connectivity index is 1.53. The van der Waals surface area contributed by atoms with Crippen LogP contribution in [0.4, 0.5) is 29.7 Å². The second-order valence-electron chi connectivity index (χ2n) is 10.4. The van der Waals surface area contributed by atoms with Gasteiger partial charge in [0.05, 0.1) is 27.5 Å². The molecule has 1 saturated heterocycles. The summed E-state index contributed by atoms with van der Waals surface area (Å²) in [5.41, 5.74) is 6.02. The van der Waals surface area contributed by atoms with Gasteiger partial charge in [0, 0.05) is 48.8 Å². The van der Waals surface area contributed by atoms with Crippen molar-refractivity contribution in [3.8, 4) is 17.0 Å². The van der Waals surface area contributed by atoms with Crippen molar-refractivity contribution in [2.24, 2.45) is 0 Å². The van der Waals surface area contributed by atoms with E-state index in [-0.39, 0.29) is 48.8 Å². The van der Waals surface area contributed by atoms with Gasteiger partial charge in [-0.25, -0.2) is 23.1 Å². The first-order valence-electron chi connectivity index (χ1n) is 12.6. The number of thiazole rings is 1. The molecule has 0 spiro atoms. The summed E-state index contributed by atoms with van der Waals surface area (Å²) in [7, 11) is 3.78. The van der Waals surface area contributed by atoms with E-state index in [0.717, 1.165) is 11.3 Å². The molecular formula is C26H23ClF3N7O2S. The number of benzene rings is 2. The number of aromatic nitrogens is 2. The van der Waals surface area contributed by atoms with Gasteiger partial charge in [0.15, 0.2) is 10.9 Å². The lowest BCUT2D eigenvalue weighted by atomic mass is 9.96. The van der Waals surface area contributed by atoms with E-state index in [9.17, 15) is 9.18 Å². The highest BCUT2D eigenvalue weighted by Gasteiger charge is 2.46. The molecule has 0 aliphatic carbocycles. The summed E-state index contributed by atoms with van der Waals surface area (Å²) in [6.45, 7) is 2.34. The smallest absolute Gasteiger partial charge is 0.251 e. The molecule has 2 aromatic carbocycles. The van der Waals surface area contributed by atoms with Crippen molar-refractivity contribution in [1.29, 1.82) is 0 Å². The first-order valence-corrected chi connectivity index (χ1v) is 13.8. The maximum Gasteiger partial charge on any atom is 0.251 e. The van der Waals surface area contributed by atoms with Crippen LogP contribution in [0.2, 0.25) is 5.02 Å². The fourth-order valence-corrected chi connectivity index (χ4v) is 6.99. The lowest BCUT2D eigenvalue weighted by Crippen LogP contribution is -2.64. The minimum Gasteiger partial charge on any atom is -0.470 e. The van der Waals surface area contributed by atoms with Crippen LogP contribution in [0.15, 0.2) is 12.1 Å². The number of rotatable bonds is 3. The number of likely N-dealkylation sites (N-methyl/N-ethyl adjacent to an activating group) is 1. The zero-order chi connectivity index (χ0) is 28.0. The number of nitrogens with two attached hydrogens (primary N) is 1. The summed E-state index contributed by atoms with van der Waals surface area (Å²) in [5, 5.41) is 3.52. The number of amides is 1. The summed E-state index contributed by atoms with van der Waals surface area (Å²) in [5.74, 6) is -2.77. The molecule has 3 aliphatic rings. The number of nitrogen functional groups attached to an aromatic ring is 1. The van der Waals surface area contributed by atoms with Gasteiger partial charge >= 0.3 is 0 Å². The minimum absolute atomic E-state index is 0.00420. The molecule has 0 unspecified atom stereocenters. The van der Waals surface area contributed by atoms with E-state index in [1.54, 1.807) is 4.90 Å². The second kappa shape index (κ2) is 9.06. The molecule has 5 heterocycles. The lowest BCUT2D eigenvalue weighted by Gasteiger charge is -2.48. The fourth-order valence-electron chi connectivity index (χ4n) is 5.96. The average molecular weight is 590 g/mol. The SMILES string of the molecule is CN(C)C[C@@H]1CN2C(=O)[C@H]3CNCCN3c3c2c(nc2c(F)c(-c4c(F)cc(F)c5sc(N)nc45)c(Cl)cc32)O1. The predicted molar refractivity (Wildman–Crippen MR) is 149 cm³/mol. The number of carbonyl (C=O) groups excluding carboxylic acids is 1. The van der Waals surface area contributed by atoms with E-state index in [0.29, 0.717) is 55.6 Å². The van der Waals surface area contributed by atoms with Gasteiger partial charge in [0.1, 0.15) is 35.0 Å². The molecule has 3 N–H and O–H groups in total. The van der Waals surface area contributed by atoms with E-state index in [1.807, 2.05) is 23.9 Å². The molecule has 2 atom stereocenters. The quantitative estimate of drug-likeness (QED) is 0.374. The van der Waals surface area contributed by atoms with Gasteiger partial charge in [-0.2, -0.15) is 0 Å². The molecule has 0 saturated carbocycles.